The minimum atomic E-state index is 0. The van der Waals surface area contributed by atoms with E-state index in [2.05, 4.69) is 16.9 Å². The van der Waals surface area contributed by atoms with Crippen molar-refractivity contribution in [3.05, 3.63) is 25.1 Å². The summed E-state index contributed by atoms with van der Waals surface area (Å²) in [5.41, 5.74) is 1.08. The largest absolute Gasteiger partial charge is 0.351 e. The number of imidazole rings is 1. The maximum absolute atomic E-state index is 3.80. The molecule has 2 nitrogen and oxygen atoms in total. The predicted molar refractivity (Wildman–Crippen MR) is 27.6 cm³/mol. The molecule has 1 aromatic heterocycles. The van der Waals surface area contributed by atoms with Gasteiger partial charge >= 0.3 is 0 Å². The van der Waals surface area contributed by atoms with Crippen molar-refractivity contribution in [1.82, 2.24) is 9.97 Å². The smallest absolute Gasteiger partial charge is 0.0920 e. The number of aromatic nitrogens is 2. The molecule has 1 radical (unpaired) electrons. The Morgan fingerprint density at radius 2 is 2.50 bits per heavy atom. The second kappa shape index (κ2) is 4.22. The third-order valence-corrected chi connectivity index (χ3v) is 0.824. The molecule has 1 aromatic rings. The average molecular weight is 184 g/mol. The van der Waals surface area contributed by atoms with Crippen molar-refractivity contribution in [2.24, 2.45) is 0 Å². The van der Waals surface area contributed by atoms with Crippen LogP contribution in [0, 0.1) is 6.92 Å². The molecule has 0 aliphatic heterocycles. The number of nitrogens with one attached hydrogen (secondary N) is 1. The zero-order chi connectivity index (χ0) is 5.11. The van der Waals surface area contributed by atoms with E-state index in [4.69, 9.17) is 0 Å². The zero-order valence-corrected chi connectivity index (χ0v) is 7.43. The van der Waals surface area contributed by atoms with Crippen molar-refractivity contribution in [2.75, 3.05) is 0 Å². The molecule has 0 spiro atoms. The Morgan fingerprint density at radius 3 is 2.75 bits per heavy atom. The third-order valence-electron chi connectivity index (χ3n) is 0.824. The van der Waals surface area contributed by atoms with Gasteiger partial charge in [0.2, 0.25) is 0 Å². The van der Waals surface area contributed by atoms with Crippen molar-refractivity contribution in [3.63, 3.8) is 0 Å². The Balaban J connectivity index is 0.000000490. The summed E-state index contributed by atoms with van der Waals surface area (Å²) in [6.07, 6.45) is 4.22. The predicted octanol–water partition coefficient (Wildman–Crippen LogP) is 0.784. The summed E-state index contributed by atoms with van der Waals surface area (Å²) in [7, 11) is 0. The number of nitrogens with zero attached hydrogens (tertiary/aromatic N) is 1. The van der Waals surface area contributed by atoms with Crippen LogP contribution >= 0.6 is 0 Å². The molecule has 1 N–H and O–H groups in total. The van der Waals surface area contributed by atoms with Gasteiger partial charge in [0.15, 0.2) is 0 Å². The first-order valence-corrected chi connectivity index (χ1v) is 2.20. The topological polar surface area (TPSA) is 28.7 Å². The van der Waals surface area contributed by atoms with E-state index in [1.807, 2.05) is 0 Å². The minimum Gasteiger partial charge on any atom is -0.351 e. The number of H-pyrrole nitrogens is 1. The van der Waals surface area contributed by atoms with E-state index in [-0.39, 0.29) is 32.7 Å². The fraction of sp³-hybridized carbons (Fsp3) is 0.200. The van der Waals surface area contributed by atoms with Gasteiger partial charge in [-0.15, -0.1) is 6.42 Å². The molecule has 41 valence electrons. The summed E-state index contributed by atoms with van der Waals surface area (Å²) in [6, 6.07) is 0. The van der Waals surface area contributed by atoms with Crippen LogP contribution in [0.3, 0.4) is 0 Å². The molecule has 0 saturated heterocycles. The van der Waals surface area contributed by atoms with E-state index < -0.39 is 0 Å². The molecule has 0 bridgehead atoms. The Morgan fingerprint density at radius 1 is 1.75 bits per heavy atom. The quantitative estimate of drug-likeness (QED) is 0.642. The van der Waals surface area contributed by atoms with Crippen LogP contribution in [0.2, 0.25) is 0 Å². The van der Waals surface area contributed by atoms with E-state index in [1.165, 1.54) is 0 Å². The molecule has 0 unspecified atom stereocenters. The van der Waals surface area contributed by atoms with Crippen LogP contribution in [0.15, 0.2) is 12.5 Å². The Labute approximate surface area is 74.0 Å². The van der Waals surface area contributed by atoms with Crippen molar-refractivity contribution >= 4 is 0 Å². The molecule has 0 atom stereocenters. The maximum Gasteiger partial charge on any atom is 0.0920 e. The number of hydrogen-bond acceptors (Lipinski definition) is 1. The number of aromatic amines is 1. The van der Waals surface area contributed by atoms with E-state index >= 15 is 0 Å². The van der Waals surface area contributed by atoms with Gasteiger partial charge in [0.25, 0.3) is 0 Å². The van der Waals surface area contributed by atoms with Gasteiger partial charge in [0.05, 0.1) is 6.33 Å². The monoisotopic (exact) mass is 184 g/mol. The first kappa shape index (κ1) is 8.31. The summed E-state index contributed by atoms with van der Waals surface area (Å²) in [5, 5.41) is 0. The first-order chi connectivity index (χ1) is 3.43. The molecule has 0 saturated carbocycles. The summed E-state index contributed by atoms with van der Waals surface area (Å²) >= 11 is 0. The van der Waals surface area contributed by atoms with Gasteiger partial charge in [0.1, 0.15) is 0 Å². The van der Waals surface area contributed by atoms with Crippen LogP contribution in [0.4, 0.5) is 0 Å². The number of rotatable bonds is 1. The third kappa shape index (κ3) is 2.06. The molecular formula is C5H7N2Y-. The van der Waals surface area contributed by atoms with E-state index in [0.717, 1.165) is 12.1 Å². The average Bonchev–Trinajstić information content (AvgIpc) is 2.14. The second-order valence-corrected chi connectivity index (χ2v) is 1.33. The van der Waals surface area contributed by atoms with Crippen LogP contribution in [0.5, 0.6) is 0 Å². The van der Waals surface area contributed by atoms with E-state index in [9.17, 15) is 0 Å². The molecule has 0 aliphatic carbocycles. The summed E-state index contributed by atoms with van der Waals surface area (Å²) in [5.74, 6) is 0. The van der Waals surface area contributed by atoms with Crippen LogP contribution in [0.1, 0.15) is 5.69 Å². The van der Waals surface area contributed by atoms with E-state index in [1.54, 1.807) is 12.5 Å². The van der Waals surface area contributed by atoms with Crippen LogP contribution in [-0.2, 0) is 39.1 Å². The molecule has 1 heterocycles. The number of hydrogen-bond donors (Lipinski definition) is 1. The Hall–Kier alpha value is 0.314. The SMILES string of the molecule is [CH2-]Cc1cnc[nH]1.[Y]. The molecule has 0 aliphatic rings. The second-order valence-electron chi connectivity index (χ2n) is 1.33. The summed E-state index contributed by atoms with van der Waals surface area (Å²) < 4.78 is 0. The van der Waals surface area contributed by atoms with Gasteiger partial charge in [-0.1, -0.05) is 0 Å². The molecular weight excluding hydrogens is 177 g/mol. The van der Waals surface area contributed by atoms with Crippen molar-refractivity contribution in [3.8, 4) is 0 Å². The standard InChI is InChI=1S/C5H7N2.Y/c1-2-5-3-6-4-7-5;/h3-4H,1-2H2,(H,6,7);/q-1;. The Kier molecular flexibility index (Phi) is 4.38. The van der Waals surface area contributed by atoms with Gasteiger partial charge in [-0.2, -0.15) is 0 Å². The van der Waals surface area contributed by atoms with Crippen LogP contribution < -0.4 is 0 Å². The van der Waals surface area contributed by atoms with Crippen molar-refractivity contribution in [1.29, 1.82) is 0 Å². The van der Waals surface area contributed by atoms with Gasteiger partial charge in [-0.3, -0.25) is 0 Å². The maximum atomic E-state index is 3.80. The van der Waals surface area contributed by atoms with E-state index in [0.29, 0.717) is 0 Å². The van der Waals surface area contributed by atoms with Crippen LogP contribution in [-0.4, -0.2) is 9.97 Å². The van der Waals surface area contributed by atoms with Crippen molar-refractivity contribution < 1.29 is 32.7 Å². The van der Waals surface area contributed by atoms with Gasteiger partial charge in [0, 0.05) is 44.6 Å². The molecule has 3 heteroatoms. The first-order valence-electron chi connectivity index (χ1n) is 2.20. The summed E-state index contributed by atoms with van der Waals surface area (Å²) in [4.78, 5) is 6.71. The minimum absolute atomic E-state index is 0. The molecule has 8 heavy (non-hydrogen) atoms. The zero-order valence-electron chi connectivity index (χ0n) is 4.59. The normalized spacial score (nSPS) is 8.12. The molecule has 0 fully saturated rings. The molecule has 0 aromatic carbocycles. The fourth-order valence-corrected chi connectivity index (χ4v) is 0.421. The van der Waals surface area contributed by atoms with Crippen molar-refractivity contribution in [2.45, 2.75) is 6.42 Å². The van der Waals surface area contributed by atoms with Crippen LogP contribution in [0.25, 0.3) is 0 Å². The molecule has 1 rings (SSSR count). The van der Waals surface area contributed by atoms with Gasteiger partial charge < -0.3 is 11.9 Å². The van der Waals surface area contributed by atoms with Gasteiger partial charge in [-0.05, 0) is 0 Å². The fourth-order valence-electron chi connectivity index (χ4n) is 0.421. The Bertz CT molecular complexity index is 125. The molecule has 0 amide bonds. The van der Waals surface area contributed by atoms with Gasteiger partial charge in [-0.25, -0.2) is 4.98 Å². The summed E-state index contributed by atoms with van der Waals surface area (Å²) in [6.45, 7) is 3.66.